The van der Waals surface area contributed by atoms with Crippen molar-refractivity contribution in [2.24, 2.45) is 0 Å². The van der Waals surface area contributed by atoms with Crippen molar-refractivity contribution in [2.45, 2.75) is 32.8 Å². The third kappa shape index (κ3) is 3.58. The molecule has 8 nitrogen and oxygen atoms in total. The number of fused-ring (bicyclic) bond motifs is 1. The lowest BCUT2D eigenvalue weighted by Gasteiger charge is -2.33. The molecule has 23 heavy (non-hydrogen) atoms. The fourth-order valence-corrected chi connectivity index (χ4v) is 2.31. The number of anilines is 1. The van der Waals surface area contributed by atoms with Gasteiger partial charge in [0.25, 0.3) is 11.6 Å². The Bertz CT molecular complexity index is 632. The maximum atomic E-state index is 12.5. The number of nitrogens with zero attached hydrogens (tertiary/aromatic N) is 2. The van der Waals surface area contributed by atoms with E-state index in [0.29, 0.717) is 18.7 Å². The van der Waals surface area contributed by atoms with Crippen LogP contribution in [0.5, 0.6) is 5.75 Å². The normalized spacial score (nSPS) is 16.5. The summed E-state index contributed by atoms with van der Waals surface area (Å²) in [5, 5.41) is 13.6. The number of nitro groups is 1. The molecule has 1 N–H and O–H groups in total. The first-order valence-electron chi connectivity index (χ1n) is 7.51. The van der Waals surface area contributed by atoms with Crippen LogP contribution in [0.25, 0.3) is 0 Å². The minimum absolute atomic E-state index is 0.158. The van der Waals surface area contributed by atoms with Crippen molar-refractivity contribution < 1.29 is 19.2 Å². The smallest absolute Gasteiger partial charge is 0.271 e. The van der Waals surface area contributed by atoms with E-state index in [-0.39, 0.29) is 29.7 Å². The minimum atomic E-state index is -0.692. The molecule has 124 valence electrons. The number of rotatable bonds is 6. The number of nitro benzene ring substituents is 1. The van der Waals surface area contributed by atoms with Crippen LogP contribution >= 0.6 is 0 Å². The van der Waals surface area contributed by atoms with Crippen molar-refractivity contribution in [1.82, 2.24) is 5.32 Å². The number of hydrogen-bond acceptors (Lipinski definition) is 5. The van der Waals surface area contributed by atoms with Gasteiger partial charge in [0, 0.05) is 18.7 Å². The molecule has 2 rings (SSSR count). The summed E-state index contributed by atoms with van der Waals surface area (Å²) in [6, 6.07) is 4.03. The minimum Gasteiger partial charge on any atom is -0.478 e. The Balaban J connectivity index is 2.34. The predicted molar refractivity (Wildman–Crippen MR) is 83.5 cm³/mol. The molecule has 0 spiro atoms. The van der Waals surface area contributed by atoms with E-state index in [1.165, 1.54) is 23.1 Å². The van der Waals surface area contributed by atoms with Crippen molar-refractivity contribution in [3.63, 3.8) is 0 Å². The van der Waals surface area contributed by atoms with Gasteiger partial charge in [0.2, 0.25) is 5.91 Å². The summed E-state index contributed by atoms with van der Waals surface area (Å²) in [4.78, 5) is 36.1. The van der Waals surface area contributed by atoms with Crippen LogP contribution in [0.2, 0.25) is 0 Å². The zero-order chi connectivity index (χ0) is 17.0. The average Bonchev–Trinajstić information content (AvgIpc) is 2.54. The highest BCUT2D eigenvalue weighted by molar-refractivity contribution is 6.04. The third-order valence-electron chi connectivity index (χ3n) is 3.50. The molecule has 1 aromatic rings. The highest BCUT2D eigenvalue weighted by Crippen LogP contribution is 2.37. The van der Waals surface area contributed by atoms with Gasteiger partial charge in [-0.2, -0.15) is 0 Å². The van der Waals surface area contributed by atoms with E-state index in [9.17, 15) is 19.7 Å². The van der Waals surface area contributed by atoms with E-state index in [1.54, 1.807) is 6.92 Å². The van der Waals surface area contributed by atoms with Crippen molar-refractivity contribution in [3.8, 4) is 5.75 Å². The summed E-state index contributed by atoms with van der Waals surface area (Å²) >= 11 is 0. The molecule has 1 heterocycles. The lowest BCUT2D eigenvalue weighted by Crippen LogP contribution is -2.49. The number of carbonyl (C=O) groups excluding carboxylic acids is 2. The maximum absolute atomic E-state index is 12.5. The van der Waals surface area contributed by atoms with Crippen LogP contribution in [-0.2, 0) is 9.59 Å². The first-order chi connectivity index (χ1) is 11.0. The molecule has 8 heteroatoms. The molecule has 2 amide bonds. The summed E-state index contributed by atoms with van der Waals surface area (Å²) in [6.07, 6.45) is 0.535. The topological polar surface area (TPSA) is 102 Å². The van der Waals surface area contributed by atoms with Gasteiger partial charge in [-0.3, -0.25) is 24.6 Å². The second-order valence-electron chi connectivity index (χ2n) is 5.20. The van der Waals surface area contributed by atoms with Crippen LogP contribution in [0.1, 0.15) is 26.7 Å². The Morgan fingerprint density at radius 2 is 2.17 bits per heavy atom. The lowest BCUT2D eigenvalue weighted by molar-refractivity contribution is -0.384. The molecule has 0 saturated heterocycles. The van der Waals surface area contributed by atoms with Crippen LogP contribution in [0.4, 0.5) is 11.4 Å². The first-order valence-corrected chi connectivity index (χ1v) is 7.51. The van der Waals surface area contributed by atoms with Crippen molar-refractivity contribution in [3.05, 3.63) is 28.3 Å². The third-order valence-corrected chi connectivity index (χ3v) is 3.50. The van der Waals surface area contributed by atoms with Crippen molar-refractivity contribution in [1.29, 1.82) is 0 Å². The van der Waals surface area contributed by atoms with Crippen molar-refractivity contribution in [2.75, 3.05) is 18.0 Å². The molecule has 1 atom stereocenters. The Morgan fingerprint density at radius 1 is 1.43 bits per heavy atom. The molecule has 1 aliphatic rings. The molecule has 0 aromatic heterocycles. The number of non-ortho nitro benzene ring substituents is 1. The Morgan fingerprint density at radius 3 is 2.78 bits per heavy atom. The number of benzene rings is 1. The SMILES string of the molecule is CCCNC(=O)CN1C(=O)C(CC)Oc2ccc([N+](=O)[O-])cc21. The molecular formula is C15H19N3O5. The second-order valence-corrected chi connectivity index (χ2v) is 5.20. The van der Waals surface area contributed by atoms with E-state index in [2.05, 4.69) is 5.32 Å². The summed E-state index contributed by atoms with van der Waals surface area (Å²) < 4.78 is 5.58. The zero-order valence-corrected chi connectivity index (χ0v) is 13.1. The zero-order valence-electron chi connectivity index (χ0n) is 13.1. The number of nitrogens with one attached hydrogen (secondary N) is 1. The molecule has 0 bridgehead atoms. The first kappa shape index (κ1) is 16.7. The van der Waals surface area contributed by atoms with Gasteiger partial charge < -0.3 is 10.1 Å². The van der Waals surface area contributed by atoms with Crippen molar-refractivity contribution >= 4 is 23.2 Å². The Kier molecular flexibility index (Phi) is 5.15. The number of amides is 2. The van der Waals surface area contributed by atoms with Crippen LogP contribution < -0.4 is 15.0 Å². The largest absolute Gasteiger partial charge is 0.478 e. The Labute approximate surface area is 133 Å². The fourth-order valence-electron chi connectivity index (χ4n) is 2.31. The second kappa shape index (κ2) is 7.08. The average molecular weight is 321 g/mol. The number of ether oxygens (including phenoxy) is 1. The van der Waals surface area contributed by atoms with Gasteiger partial charge >= 0.3 is 0 Å². The van der Waals surface area contributed by atoms with E-state index >= 15 is 0 Å². The van der Waals surface area contributed by atoms with Gasteiger partial charge in [-0.05, 0) is 18.9 Å². The van der Waals surface area contributed by atoms with Crippen LogP contribution in [-0.4, -0.2) is 35.9 Å². The molecule has 1 aromatic carbocycles. The van der Waals surface area contributed by atoms with Gasteiger partial charge in [-0.15, -0.1) is 0 Å². The van der Waals surface area contributed by atoms with Crippen LogP contribution in [0.15, 0.2) is 18.2 Å². The molecule has 1 aliphatic heterocycles. The standard InChI is InChI=1S/C15H19N3O5/c1-3-7-16-14(19)9-17-11-8-10(18(21)22)5-6-13(11)23-12(4-2)15(17)20/h5-6,8,12H,3-4,7,9H2,1-2H3,(H,16,19). The highest BCUT2D eigenvalue weighted by atomic mass is 16.6. The van der Waals surface area contributed by atoms with Gasteiger partial charge in [-0.25, -0.2) is 0 Å². The van der Waals surface area contributed by atoms with E-state index in [1.807, 2.05) is 6.92 Å². The van der Waals surface area contributed by atoms with Gasteiger partial charge in [-0.1, -0.05) is 13.8 Å². The molecular weight excluding hydrogens is 302 g/mol. The van der Waals surface area contributed by atoms with E-state index in [4.69, 9.17) is 4.74 Å². The summed E-state index contributed by atoms with van der Waals surface area (Å²) in [7, 11) is 0. The van der Waals surface area contributed by atoms with Crippen LogP contribution in [0.3, 0.4) is 0 Å². The lowest BCUT2D eigenvalue weighted by atomic mass is 10.1. The summed E-state index contributed by atoms with van der Waals surface area (Å²) in [5.41, 5.74) is 0.0922. The fraction of sp³-hybridized carbons (Fsp3) is 0.467. The van der Waals surface area contributed by atoms with Gasteiger partial charge in [0.1, 0.15) is 12.3 Å². The summed E-state index contributed by atoms with van der Waals surface area (Å²) in [5.74, 6) is -0.313. The number of carbonyl (C=O) groups is 2. The molecule has 0 saturated carbocycles. The molecule has 1 unspecified atom stereocenters. The molecule has 0 aliphatic carbocycles. The highest BCUT2D eigenvalue weighted by Gasteiger charge is 2.35. The molecule has 0 fully saturated rings. The summed E-state index contributed by atoms with van der Waals surface area (Å²) in [6.45, 7) is 4.05. The maximum Gasteiger partial charge on any atom is 0.271 e. The quantitative estimate of drug-likeness (QED) is 0.633. The van der Waals surface area contributed by atoms with Crippen LogP contribution in [0, 0.1) is 10.1 Å². The number of hydrogen-bond donors (Lipinski definition) is 1. The van der Waals surface area contributed by atoms with Gasteiger partial charge in [0.05, 0.1) is 10.6 Å². The Hall–Kier alpha value is -2.64. The predicted octanol–water partition coefficient (Wildman–Crippen LogP) is 1.62. The molecule has 0 radical (unpaired) electrons. The van der Waals surface area contributed by atoms with Gasteiger partial charge in [0.15, 0.2) is 6.10 Å². The van der Waals surface area contributed by atoms with E-state index in [0.717, 1.165) is 6.42 Å². The van der Waals surface area contributed by atoms with E-state index < -0.39 is 11.0 Å². The monoisotopic (exact) mass is 321 g/mol.